The van der Waals surface area contributed by atoms with Gasteiger partial charge in [-0.1, -0.05) is 6.07 Å². The zero-order valence-corrected chi connectivity index (χ0v) is 25.2. The Balaban J connectivity index is 1.62. The van der Waals surface area contributed by atoms with Gasteiger partial charge in [-0.15, -0.1) is 0 Å². The number of nitrogens with one attached hydrogen (secondary N) is 1. The van der Waals surface area contributed by atoms with E-state index >= 15 is 0 Å². The van der Waals surface area contributed by atoms with Gasteiger partial charge in [-0.2, -0.15) is 0 Å². The third-order valence-corrected chi connectivity index (χ3v) is 7.40. The number of rotatable bonds is 10. The van der Waals surface area contributed by atoms with Crippen LogP contribution in [-0.2, 0) is 20.9 Å². The SMILES string of the molecule is CCOC(=O)c1ccc(N2C(=O)C(CC(=O)Nc3ccc(I)cc3)N(Cc3ccc(OC)c(OC)c3)C2=S)cc1. The van der Waals surface area contributed by atoms with Crippen molar-refractivity contribution in [2.45, 2.75) is 25.9 Å². The number of carbonyl (C=O) groups is 3. The lowest BCUT2D eigenvalue weighted by Gasteiger charge is -2.24. The fraction of sp³-hybridized carbons (Fsp3) is 0.241. The molecule has 0 radical (unpaired) electrons. The molecule has 0 saturated carbocycles. The largest absolute Gasteiger partial charge is 0.493 e. The second-order valence-electron chi connectivity index (χ2n) is 8.82. The average molecular weight is 674 g/mol. The summed E-state index contributed by atoms with van der Waals surface area (Å²) in [5.74, 6) is -0.00477. The molecule has 1 atom stereocenters. The highest BCUT2D eigenvalue weighted by Crippen LogP contribution is 2.32. The third kappa shape index (κ3) is 6.53. The van der Waals surface area contributed by atoms with Gasteiger partial charge in [0, 0.05) is 15.8 Å². The van der Waals surface area contributed by atoms with Crippen LogP contribution in [0.5, 0.6) is 11.5 Å². The maximum Gasteiger partial charge on any atom is 0.338 e. The number of ether oxygens (including phenoxy) is 3. The number of thiocarbonyl (C=S) groups is 1. The zero-order chi connectivity index (χ0) is 28.8. The molecule has 3 aromatic carbocycles. The van der Waals surface area contributed by atoms with Gasteiger partial charge in [-0.3, -0.25) is 14.5 Å². The molecule has 0 aliphatic carbocycles. The Morgan fingerprint density at radius 1 is 0.975 bits per heavy atom. The van der Waals surface area contributed by atoms with Crippen molar-refractivity contribution in [1.29, 1.82) is 0 Å². The van der Waals surface area contributed by atoms with Crippen LogP contribution in [0.1, 0.15) is 29.3 Å². The van der Waals surface area contributed by atoms with E-state index < -0.39 is 12.0 Å². The smallest absolute Gasteiger partial charge is 0.338 e. The molecule has 0 aromatic heterocycles. The fourth-order valence-electron chi connectivity index (χ4n) is 4.31. The highest BCUT2D eigenvalue weighted by Gasteiger charge is 2.44. The van der Waals surface area contributed by atoms with E-state index in [1.165, 1.54) is 4.90 Å². The van der Waals surface area contributed by atoms with Gasteiger partial charge < -0.3 is 24.4 Å². The first-order chi connectivity index (χ1) is 19.2. The maximum absolute atomic E-state index is 13.8. The minimum atomic E-state index is -0.853. The molecule has 2 amide bonds. The molecule has 0 bridgehead atoms. The van der Waals surface area contributed by atoms with Crippen LogP contribution in [0.15, 0.2) is 66.7 Å². The minimum Gasteiger partial charge on any atom is -0.493 e. The summed E-state index contributed by atoms with van der Waals surface area (Å²) < 4.78 is 16.9. The normalized spacial score (nSPS) is 14.8. The summed E-state index contributed by atoms with van der Waals surface area (Å²) in [5.41, 5.74) is 2.30. The van der Waals surface area contributed by atoms with Crippen LogP contribution in [0.3, 0.4) is 0 Å². The Hall–Kier alpha value is -3.71. The van der Waals surface area contributed by atoms with Crippen molar-refractivity contribution < 1.29 is 28.6 Å². The van der Waals surface area contributed by atoms with Gasteiger partial charge in [-0.25, -0.2) is 4.79 Å². The summed E-state index contributed by atoms with van der Waals surface area (Å²) in [7, 11) is 3.10. The van der Waals surface area contributed by atoms with Gasteiger partial charge in [0.15, 0.2) is 16.6 Å². The van der Waals surface area contributed by atoms with E-state index in [9.17, 15) is 14.4 Å². The molecule has 1 unspecified atom stereocenters. The Morgan fingerprint density at radius 2 is 1.65 bits per heavy atom. The first kappa shape index (κ1) is 29.3. The summed E-state index contributed by atoms with van der Waals surface area (Å²) in [6, 6.07) is 18.4. The molecule has 40 heavy (non-hydrogen) atoms. The number of methoxy groups -OCH3 is 2. The lowest BCUT2D eigenvalue weighted by atomic mass is 10.1. The van der Waals surface area contributed by atoms with Gasteiger partial charge >= 0.3 is 5.97 Å². The topological polar surface area (TPSA) is 97.4 Å². The fourth-order valence-corrected chi connectivity index (χ4v) is 5.06. The number of halogens is 1. The number of nitrogens with zero attached hydrogens (tertiary/aromatic N) is 2. The summed E-state index contributed by atoms with van der Waals surface area (Å²) >= 11 is 7.97. The van der Waals surface area contributed by atoms with E-state index in [0.717, 1.165) is 9.13 Å². The van der Waals surface area contributed by atoms with Crippen LogP contribution in [0, 0.1) is 3.57 Å². The van der Waals surface area contributed by atoms with Gasteiger partial charge in [0.05, 0.1) is 38.5 Å². The molecule has 4 rings (SSSR count). The lowest BCUT2D eigenvalue weighted by molar-refractivity contribution is -0.124. The molecule has 3 aromatic rings. The van der Waals surface area contributed by atoms with Gasteiger partial charge in [0.1, 0.15) is 6.04 Å². The summed E-state index contributed by atoms with van der Waals surface area (Å²) in [6.45, 7) is 2.24. The second kappa shape index (κ2) is 13.1. The highest BCUT2D eigenvalue weighted by atomic mass is 127. The molecule has 0 spiro atoms. The summed E-state index contributed by atoms with van der Waals surface area (Å²) in [5, 5.41) is 3.11. The molecule has 1 saturated heterocycles. The molecular formula is C29H28IN3O6S. The number of benzene rings is 3. The molecule has 11 heteroatoms. The van der Waals surface area contributed by atoms with Crippen LogP contribution in [0.2, 0.25) is 0 Å². The first-order valence-corrected chi connectivity index (χ1v) is 13.9. The number of hydrogen-bond acceptors (Lipinski definition) is 7. The summed E-state index contributed by atoms with van der Waals surface area (Å²) in [4.78, 5) is 42.1. The Morgan fingerprint density at radius 3 is 2.27 bits per heavy atom. The number of carbonyl (C=O) groups excluding carboxylic acids is 3. The van der Waals surface area contributed by atoms with Crippen LogP contribution >= 0.6 is 34.8 Å². The molecular weight excluding hydrogens is 645 g/mol. The van der Waals surface area contributed by atoms with Gasteiger partial charge in [-0.05, 0) is 108 Å². The first-order valence-electron chi connectivity index (χ1n) is 12.4. The van der Waals surface area contributed by atoms with Crippen LogP contribution in [-0.4, -0.2) is 54.7 Å². The van der Waals surface area contributed by atoms with Crippen molar-refractivity contribution in [3.05, 3.63) is 81.4 Å². The van der Waals surface area contributed by atoms with Crippen LogP contribution < -0.4 is 19.7 Å². The highest BCUT2D eigenvalue weighted by molar-refractivity contribution is 14.1. The molecule has 9 nitrogen and oxygen atoms in total. The van der Waals surface area contributed by atoms with Crippen molar-refractivity contribution in [3.63, 3.8) is 0 Å². The predicted octanol–water partition coefficient (Wildman–Crippen LogP) is 5.02. The lowest BCUT2D eigenvalue weighted by Crippen LogP contribution is -2.37. The standard InChI is InChI=1S/C29H28IN3O6S/c1-4-39-28(36)19-6-12-22(13-7-19)33-27(35)23(16-26(34)31-21-10-8-20(30)9-11-21)32(29(33)40)17-18-5-14-24(37-2)25(15-18)38-3/h5-15,23H,4,16-17H2,1-3H3,(H,31,34). The van der Waals surface area contributed by atoms with Crippen molar-refractivity contribution in [2.75, 3.05) is 31.0 Å². The van der Waals surface area contributed by atoms with Crippen molar-refractivity contribution in [2.24, 2.45) is 0 Å². The van der Waals surface area contributed by atoms with Gasteiger partial charge in [0.25, 0.3) is 5.91 Å². The van der Waals surface area contributed by atoms with E-state index in [0.29, 0.717) is 28.4 Å². The molecule has 1 N–H and O–H groups in total. The molecule has 1 aliphatic rings. The van der Waals surface area contributed by atoms with E-state index in [4.69, 9.17) is 26.4 Å². The van der Waals surface area contributed by atoms with E-state index in [1.54, 1.807) is 68.5 Å². The summed E-state index contributed by atoms with van der Waals surface area (Å²) in [6.07, 6.45) is -0.115. The number of hydrogen-bond donors (Lipinski definition) is 1. The van der Waals surface area contributed by atoms with Crippen LogP contribution in [0.25, 0.3) is 0 Å². The quantitative estimate of drug-likeness (QED) is 0.182. The molecule has 208 valence electrons. The van der Waals surface area contributed by atoms with E-state index in [1.807, 2.05) is 24.3 Å². The second-order valence-corrected chi connectivity index (χ2v) is 10.4. The van der Waals surface area contributed by atoms with Crippen molar-refractivity contribution >= 4 is 69.1 Å². The zero-order valence-electron chi connectivity index (χ0n) is 22.2. The monoisotopic (exact) mass is 673 g/mol. The molecule has 1 heterocycles. The maximum atomic E-state index is 13.8. The van der Waals surface area contributed by atoms with Gasteiger partial charge in [0.2, 0.25) is 5.91 Å². The van der Waals surface area contributed by atoms with Crippen molar-refractivity contribution in [1.82, 2.24) is 4.90 Å². The Kier molecular flexibility index (Phi) is 9.58. The Bertz CT molecular complexity index is 1410. The minimum absolute atomic E-state index is 0.115. The number of esters is 1. The van der Waals surface area contributed by atoms with Crippen molar-refractivity contribution in [3.8, 4) is 11.5 Å². The third-order valence-electron chi connectivity index (χ3n) is 6.26. The van der Waals surface area contributed by atoms with Crippen LogP contribution in [0.4, 0.5) is 11.4 Å². The Labute approximate surface area is 251 Å². The molecule has 1 fully saturated rings. The van der Waals surface area contributed by atoms with E-state index in [-0.39, 0.29) is 36.5 Å². The number of anilines is 2. The van der Waals surface area contributed by atoms with E-state index in [2.05, 4.69) is 27.9 Å². The molecule has 1 aliphatic heterocycles. The predicted molar refractivity (Wildman–Crippen MR) is 164 cm³/mol. The average Bonchev–Trinajstić information content (AvgIpc) is 3.18. The number of amides is 2.